The van der Waals surface area contributed by atoms with Crippen molar-refractivity contribution in [3.05, 3.63) is 24.3 Å². The van der Waals surface area contributed by atoms with Crippen molar-refractivity contribution in [2.24, 2.45) is 5.92 Å². The largest absolute Gasteiger partial charge is 0.348 e. The third-order valence-corrected chi connectivity index (χ3v) is 4.97. The fraction of sp³-hybridized carbons (Fsp3) is 0.533. The van der Waals surface area contributed by atoms with Crippen LogP contribution in [0.1, 0.15) is 19.8 Å². The maximum Gasteiger partial charge on any atom is 0.186 e. The molecule has 2 aromatic rings. The number of rotatable bonds is 4. The number of anilines is 1. The summed E-state index contributed by atoms with van der Waals surface area (Å²) in [5, 5.41) is 4.62. The fourth-order valence-corrected chi connectivity index (χ4v) is 3.75. The van der Waals surface area contributed by atoms with Crippen LogP contribution in [0.2, 0.25) is 0 Å². The summed E-state index contributed by atoms with van der Waals surface area (Å²) in [6.07, 6.45) is 2.59. The minimum absolute atomic E-state index is 0.813. The normalized spacial score (nSPS) is 16.9. The second-order valence-electron chi connectivity index (χ2n) is 5.20. The molecule has 0 radical (unpaired) electrons. The number of hydrogen-bond acceptors (Lipinski definition) is 4. The summed E-state index contributed by atoms with van der Waals surface area (Å²) >= 11 is 1.82. The van der Waals surface area contributed by atoms with Gasteiger partial charge < -0.3 is 10.2 Å². The van der Waals surface area contributed by atoms with E-state index >= 15 is 0 Å². The Kier molecular flexibility index (Phi) is 3.99. The number of benzene rings is 1. The van der Waals surface area contributed by atoms with Gasteiger partial charge in [-0.05, 0) is 50.9 Å². The molecule has 4 heteroatoms. The molecule has 0 spiro atoms. The van der Waals surface area contributed by atoms with Crippen LogP contribution in [-0.4, -0.2) is 31.2 Å². The average molecular weight is 275 g/mol. The molecule has 102 valence electrons. The van der Waals surface area contributed by atoms with E-state index in [1.807, 2.05) is 11.3 Å². The molecule has 0 aliphatic carbocycles. The van der Waals surface area contributed by atoms with Crippen molar-refractivity contribution in [1.82, 2.24) is 10.3 Å². The first kappa shape index (κ1) is 12.9. The lowest BCUT2D eigenvalue weighted by Gasteiger charge is -2.29. The van der Waals surface area contributed by atoms with E-state index in [-0.39, 0.29) is 0 Å². The quantitative estimate of drug-likeness (QED) is 0.929. The lowest BCUT2D eigenvalue weighted by atomic mass is 9.98. The van der Waals surface area contributed by atoms with Crippen LogP contribution >= 0.6 is 11.3 Å². The van der Waals surface area contributed by atoms with Crippen molar-refractivity contribution in [3.8, 4) is 0 Å². The predicted octanol–water partition coefficient (Wildman–Crippen LogP) is 3.12. The Bertz CT molecular complexity index is 498. The van der Waals surface area contributed by atoms with Gasteiger partial charge in [0.2, 0.25) is 0 Å². The summed E-state index contributed by atoms with van der Waals surface area (Å²) in [5.74, 6) is 0.813. The number of nitrogens with zero attached hydrogens (tertiary/aromatic N) is 2. The van der Waals surface area contributed by atoms with Crippen LogP contribution in [0.4, 0.5) is 5.13 Å². The molecule has 0 unspecified atom stereocenters. The molecule has 0 saturated carbocycles. The zero-order valence-corrected chi connectivity index (χ0v) is 12.2. The Hall–Kier alpha value is -1.13. The highest BCUT2D eigenvalue weighted by Crippen LogP contribution is 2.29. The first-order valence-electron chi connectivity index (χ1n) is 7.18. The molecule has 0 atom stereocenters. The number of aromatic nitrogens is 1. The molecular formula is C15H21N3S. The molecule has 0 amide bonds. The Morgan fingerprint density at radius 1 is 1.32 bits per heavy atom. The number of para-hydroxylation sites is 1. The molecule has 3 nitrogen and oxygen atoms in total. The number of thiazole rings is 1. The minimum Gasteiger partial charge on any atom is -0.348 e. The van der Waals surface area contributed by atoms with Gasteiger partial charge in [0.05, 0.1) is 10.2 Å². The molecule has 0 bridgehead atoms. The first-order valence-corrected chi connectivity index (χ1v) is 7.99. The summed E-state index contributed by atoms with van der Waals surface area (Å²) in [5.41, 5.74) is 1.13. The summed E-state index contributed by atoms with van der Waals surface area (Å²) in [6.45, 7) is 6.76. The van der Waals surface area contributed by atoms with Crippen molar-refractivity contribution >= 4 is 26.7 Å². The van der Waals surface area contributed by atoms with E-state index in [1.165, 1.54) is 35.8 Å². The molecule has 1 aromatic carbocycles. The highest BCUT2D eigenvalue weighted by Gasteiger charge is 2.18. The van der Waals surface area contributed by atoms with E-state index < -0.39 is 0 Å². The summed E-state index contributed by atoms with van der Waals surface area (Å²) in [4.78, 5) is 7.22. The SMILES string of the molecule is CCN(CC1CCNCC1)c1nc2ccccc2s1. The molecule has 1 N–H and O–H groups in total. The van der Waals surface area contributed by atoms with E-state index in [0.29, 0.717) is 0 Å². The molecule has 3 rings (SSSR count). The standard InChI is InChI=1S/C15H21N3S/c1-2-18(11-12-7-9-16-10-8-12)15-17-13-5-3-4-6-14(13)19-15/h3-6,12,16H,2,7-11H2,1H3. The van der Waals surface area contributed by atoms with Crippen molar-refractivity contribution in [1.29, 1.82) is 0 Å². The van der Waals surface area contributed by atoms with Crippen LogP contribution in [0.25, 0.3) is 10.2 Å². The van der Waals surface area contributed by atoms with Gasteiger partial charge in [-0.15, -0.1) is 0 Å². The van der Waals surface area contributed by atoms with E-state index in [4.69, 9.17) is 4.98 Å². The average Bonchev–Trinajstić information content (AvgIpc) is 2.89. The van der Waals surface area contributed by atoms with Crippen LogP contribution in [0, 0.1) is 5.92 Å². The van der Waals surface area contributed by atoms with E-state index in [2.05, 4.69) is 41.4 Å². The van der Waals surface area contributed by atoms with Gasteiger partial charge in [0.25, 0.3) is 0 Å². The van der Waals surface area contributed by atoms with Gasteiger partial charge in [-0.2, -0.15) is 0 Å². The van der Waals surface area contributed by atoms with Crippen LogP contribution in [0.15, 0.2) is 24.3 Å². The molecule has 1 aromatic heterocycles. The zero-order valence-electron chi connectivity index (χ0n) is 11.4. The molecular weight excluding hydrogens is 254 g/mol. The van der Waals surface area contributed by atoms with Crippen molar-refractivity contribution in [2.45, 2.75) is 19.8 Å². The van der Waals surface area contributed by atoms with Gasteiger partial charge in [-0.1, -0.05) is 23.5 Å². The Balaban J connectivity index is 1.76. The minimum atomic E-state index is 0.813. The summed E-state index contributed by atoms with van der Waals surface area (Å²) in [7, 11) is 0. The van der Waals surface area contributed by atoms with Gasteiger partial charge in [-0.3, -0.25) is 0 Å². The number of piperidine rings is 1. The van der Waals surface area contributed by atoms with Crippen LogP contribution in [-0.2, 0) is 0 Å². The smallest absolute Gasteiger partial charge is 0.186 e. The number of nitrogens with one attached hydrogen (secondary N) is 1. The van der Waals surface area contributed by atoms with Gasteiger partial charge >= 0.3 is 0 Å². The van der Waals surface area contributed by atoms with Crippen molar-refractivity contribution in [3.63, 3.8) is 0 Å². The highest BCUT2D eigenvalue weighted by atomic mass is 32.1. The highest BCUT2D eigenvalue weighted by molar-refractivity contribution is 7.22. The lowest BCUT2D eigenvalue weighted by Crippen LogP contribution is -2.36. The van der Waals surface area contributed by atoms with E-state index in [9.17, 15) is 0 Å². The van der Waals surface area contributed by atoms with Gasteiger partial charge in [0.1, 0.15) is 0 Å². The molecule has 2 heterocycles. The Labute approximate surface area is 118 Å². The monoisotopic (exact) mass is 275 g/mol. The zero-order chi connectivity index (χ0) is 13.1. The van der Waals surface area contributed by atoms with Crippen LogP contribution in [0.3, 0.4) is 0 Å². The maximum atomic E-state index is 4.78. The lowest BCUT2D eigenvalue weighted by molar-refractivity contribution is 0.374. The number of fused-ring (bicyclic) bond motifs is 1. The summed E-state index contributed by atoms with van der Waals surface area (Å²) < 4.78 is 1.29. The van der Waals surface area contributed by atoms with E-state index in [1.54, 1.807) is 0 Å². The third kappa shape index (κ3) is 2.90. The van der Waals surface area contributed by atoms with Gasteiger partial charge in [0, 0.05) is 13.1 Å². The van der Waals surface area contributed by atoms with Gasteiger partial charge in [0.15, 0.2) is 5.13 Å². The molecule has 1 aliphatic rings. The number of hydrogen-bond donors (Lipinski definition) is 1. The first-order chi connectivity index (χ1) is 9.36. The molecule has 19 heavy (non-hydrogen) atoms. The van der Waals surface area contributed by atoms with Crippen LogP contribution < -0.4 is 10.2 Å². The van der Waals surface area contributed by atoms with Crippen molar-refractivity contribution in [2.75, 3.05) is 31.1 Å². The second-order valence-corrected chi connectivity index (χ2v) is 6.21. The predicted molar refractivity (Wildman–Crippen MR) is 83.1 cm³/mol. The molecule has 1 aliphatic heterocycles. The Morgan fingerprint density at radius 2 is 2.11 bits per heavy atom. The third-order valence-electron chi connectivity index (χ3n) is 3.87. The second kappa shape index (κ2) is 5.88. The molecule has 1 saturated heterocycles. The van der Waals surface area contributed by atoms with Crippen molar-refractivity contribution < 1.29 is 0 Å². The maximum absolute atomic E-state index is 4.78. The van der Waals surface area contributed by atoms with Crippen LogP contribution in [0.5, 0.6) is 0 Å². The van der Waals surface area contributed by atoms with E-state index in [0.717, 1.165) is 24.5 Å². The van der Waals surface area contributed by atoms with Gasteiger partial charge in [-0.25, -0.2) is 4.98 Å². The molecule has 1 fully saturated rings. The fourth-order valence-electron chi connectivity index (χ4n) is 2.71. The topological polar surface area (TPSA) is 28.2 Å². The summed E-state index contributed by atoms with van der Waals surface area (Å²) in [6, 6.07) is 8.42. The Morgan fingerprint density at radius 3 is 2.84 bits per heavy atom.